The molecule has 0 bridgehead atoms. The number of hydrogen-bond acceptors (Lipinski definition) is 7. The van der Waals surface area contributed by atoms with Gasteiger partial charge in [-0.15, -0.1) is 0 Å². The van der Waals surface area contributed by atoms with Crippen LogP contribution >= 0.6 is 0 Å². The molecule has 1 saturated heterocycles. The second-order valence-corrected chi connectivity index (χ2v) is 7.68. The number of nitrogens with one attached hydrogen (secondary N) is 1. The molecule has 3 aromatic heterocycles. The highest BCUT2D eigenvalue weighted by atomic mass is 16.5. The van der Waals surface area contributed by atoms with Gasteiger partial charge in [-0.25, -0.2) is 9.78 Å². The zero-order valence-electron chi connectivity index (χ0n) is 17.9. The van der Waals surface area contributed by atoms with E-state index < -0.39 is 5.97 Å². The van der Waals surface area contributed by atoms with Gasteiger partial charge < -0.3 is 14.0 Å². The SMILES string of the molecule is CCOC(=O)c1cc2c(=O)n3cc(C)ccc3nc2n(CCCN2CCOCC2)c1=N. The zero-order valence-corrected chi connectivity index (χ0v) is 17.9. The van der Waals surface area contributed by atoms with Gasteiger partial charge in [0.2, 0.25) is 0 Å². The van der Waals surface area contributed by atoms with E-state index in [9.17, 15) is 9.59 Å². The smallest absolute Gasteiger partial charge is 0.341 e. The van der Waals surface area contributed by atoms with E-state index in [0.29, 0.717) is 23.2 Å². The van der Waals surface area contributed by atoms with Gasteiger partial charge in [0.1, 0.15) is 22.3 Å². The Morgan fingerprint density at radius 2 is 2.03 bits per heavy atom. The summed E-state index contributed by atoms with van der Waals surface area (Å²) in [6, 6.07) is 5.13. The monoisotopic (exact) mass is 425 g/mol. The summed E-state index contributed by atoms with van der Waals surface area (Å²) in [7, 11) is 0. The predicted molar refractivity (Wildman–Crippen MR) is 115 cm³/mol. The number of aryl methyl sites for hydroxylation is 2. The lowest BCUT2D eigenvalue weighted by molar-refractivity contribution is 0.0369. The molecule has 3 aromatic rings. The minimum absolute atomic E-state index is 0.0105. The number of hydrogen-bond donors (Lipinski definition) is 1. The van der Waals surface area contributed by atoms with E-state index in [2.05, 4.69) is 9.88 Å². The van der Waals surface area contributed by atoms with Crippen LogP contribution in [-0.2, 0) is 16.0 Å². The van der Waals surface area contributed by atoms with Gasteiger partial charge in [-0.2, -0.15) is 0 Å². The summed E-state index contributed by atoms with van der Waals surface area (Å²) in [5, 5.41) is 8.95. The highest BCUT2D eigenvalue weighted by molar-refractivity contribution is 5.93. The number of ether oxygens (including phenoxy) is 2. The molecular weight excluding hydrogens is 398 g/mol. The molecule has 31 heavy (non-hydrogen) atoms. The molecule has 1 fully saturated rings. The van der Waals surface area contributed by atoms with Gasteiger partial charge in [-0.05, 0) is 38.0 Å². The second kappa shape index (κ2) is 8.99. The van der Waals surface area contributed by atoms with Crippen LogP contribution in [0.2, 0.25) is 0 Å². The van der Waals surface area contributed by atoms with Crippen LogP contribution in [0.4, 0.5) is 0 Å². The lowest BCUT2D eigenvalue weighted by Gasteiger charge is -2.26. The van der Waals surface area contributed by atoms with Gasteiger partial charge in [0.25, 0.3) is 5.56 Å². The Morgan fingerprint density at radius 1 is 1.26 bits per heavy atom. The van der Waals surface area contributed by atoms with Crippen molar-refractivity contribution in [3.8, 4) is 0 Å². The molecular formula is C22H27N5O4. The Morgan fingerprint density at radius 3 is 2.77 bits per heavy atom. The molecule has 0 saturated carbocycles. The number of carbonyl (C=O) groups excluding carboxylic acids is 1. The molecule has 1 aliphatic heterocycles. The number of pyridine rings is 2. The van der Waals surface area contributed by atoms with E-state index in [1.165, 1.54) is 10.5 Å². The Bertz CT molecular complexity index is 1240. The van der Waals surface area contributed by atoms with Gasteiger partial charge in [-0.1, -0.05) is 6.07 Å². The maximum Gasteiger partial charge on any atom is 0.341 e. The van der Waals surface area contributed by atoms with E-state index in [1.807, 2.05) is 13.0 Å². The van der Waals surface area contributed by atoms with Gasteiger partial charge in [0.05, 0.1) is 25.2 Å². The van der Waals surface area contributed by atoms with Gasteiger partial charge in [0, 0.05) is 32.4 Å². The Labute approximate surface area is 179 Å². The van der Waals surface area contributed by atoms with Crippen molar-refractivity contribution in [1.29, 1.82) is 5.41 Å². The van der Waals surface area contributed by atoms with Crippen LogP contribution in [0.5, 0.6) is 0 Å². The average molecular weight is 425 g/mol. The molecule has 0 aromatic carbocycles. The topological polar surface area (TPSA) is 102 Å². The number of morpholine rings is 1. The number of aromatic nitrogens is 3. The highest BCUT2D eigenvalue weighted by Crippen LogP contribution is 2.13. The van der Waals surface area contributed by atoms with Crippen LogP contribution in [0.1, 0.15) is 29.3 Å². The van der Waals surface area contributed by atoms with Crippen LogP contribution in [0.15, 0.2) is 29.2 Å². The van der Waals surface area contributed by atoms with E-state index in [4.69, 9.17) is 14.9 Å². The molecule has 0 unspecified atom stereocenters. The van der Waals surface area contributed by atoms with Crippen molar-refractivity contribution in [3.05, 3.63) is 51.4 Å². The van der Waals surface area contributed by atoms with Gasteiger partial charge >= 0.3 is 5.97 Å². The van der Waals surface area contributed by atoms with Gasteiger partial charge in [-0.3, -0.25) is 19.5 Å². The first-order valence-corrected chi connectivity index (χ1v) is 10.6. The Balaban J connectivity index is 1.82. The van der Waals surface area contributed by atoms with Crippen molar-refractivity contribution in [1.82, 2.24) is 18.9 Å². The molecule has 1 aliphatic rings. The number of esters is 1. The normalized spacial score (nSPS) is 14.9. The summed E-state index contributed by atoms with van der Waals surface area (Å²) < 4.78 is 13.7. The summed E-state index contributed by atoms with van der Waals surface area (Å²) in [5.74, 6) is -0.606. The standard InChI is InChI=1S/C22H27N5O4/c1-3-31-22(29)16-13-17-20(24-18-6-5-15(2)14-27(18)21(17)28)26(19(16)23)8-4-7-25-9-11-30-12-10-25/h5-6,13-14,23H,3-4,7-12H2,1-2H3. The number of carbonyl (C=O) groups is 1. The van der Waals surface area contributed by atoms with E-state index >= 15 is 0 Å². The van der Waals surface area contributed by atoms with Crippen molar-refractivity contribution >= 4 is 22.6 Å². The predicted octanol–water partition coefficient (Wildman–Crippen LogP) is 1.34. The first-order valence-electron chi connectivity index (χ1n) is 10.6. The summed E-state index contributed by atoms with van der Waals surface area (Å²) in [6.07, 6.45) is 2.48. The molecule has 0 radical (unpaired) electrons. The molecule has 164 valence electrons. The lowest BCUT2D eigenvalue weighted by Crippen LogP contribution is -2.38. The van der Waals surface area contributed by atoms with Crippen molar-refractivity contribution in [3.63, 3.8) is 0 Å². The van der Waals surface area contributed by atoms with Crippen LogP contribution in [0, 0.1) is 12.3 Å². The third kappa shape index (κ3) is 4.24. The molecule has 4 heterocycles. The maximum absolute atomic E-state index is 13.2. The van der Waals surface area contributed by atoms with Crippen LogP contribution in [-0.4, -0.2) is 64.3 Å². The molecule has 9 heteroatoms. The van der Waals surface area contributed by atoms with Crippen LogP contribution in [0.25, 0.3) is 16.7 Å². The minimum Gasteiger partial charge on any atom is -0.462 e. The van der Waals surface area contributed by atoms with E-state index in [-0.39, 0.29) is 23.2 Å². The van der Waals surface area contributed by atoms with E-state index in [0.717, 1.165) is 44.8 Å². The summed E-state index contributed by atoms with van der Waals surface area (Å²) in [6.45, 7) is 8.33. The Kier molecular flexibility index (Phi) is 6.15. The molecule has 9 nitrogen and oxygen atoms in total. The van der Waals surface area contributed by atoms with Crippen LogP contribution in [0.3, 0.4) is 0 Å². The van der Waals surface area contributed by atoms with Crippen molar-refractivity contribution < 1.29 is 14.3 Å². The quantitative estimate of drug-likeness (QED) is 0.472. The Hall–Kier alpha value is -3.04. The lowest BCUT2D eigenvalue weighted by atomic mass is 10.2. The summed E-state index contributed by atoms with van der Waals surface area (Å²) in [4.78, 5) is 32.7. The van der Waals surface area contributed by atoms with Crippen molar-refractivity contribution in [2.75, 3.05) is 39.5 Å². The molecule has 0 spiro atoms. The maximum atomic E-state index is 13.2. The highest BCUT2D eigenvalue weighted by Gasteiger charge is 2.19. The fourth-order valence-corrected chi connectivity index (χ4v) is 3.90. The average Bonchev–Trinajstić information content (AvgIpc) is 2.77. The van der Waals surface area contributed by atoms with Crippen molar-refractivity contribution in [2.24, 2.45) is 0 Å². The number of fused-ring (bicyclic) bond motifs is 2. The molecule has 1 N–H and O–H groups in total. The summed E-state index contributed by atoms with van der Waals surface area (Å²) >= 11 is 0. The number of rotatable bonds is 6. The van der Waals surface area contributed by atoms with Crippen molar-refractivity contribution in [2.45, 2.75) is 26.8 Å². The third-order valence-corrected chi connectivity index (χ3v) is 5.51. The summed E-state index contributed by atoms with van der Waals surface area (Å²) in [5.41, 5.74) is 1.67. The largest absolute Gasteiger partial charge is 0.462 e. The molecule has 0 atom stereocenters. The third-order valence-electron chi connectivity index (χ3n) is 5.51. The first kappa shape index (κ1) is 21.2. The second-order valence-electron chi connectivity index (χ2n) is 7.68. The zero-order chi connectivity index (χ0) is 22.0. The van der Waals surface area contributed by atoms with E-state index in [1.54, 1.807) is 23.8 Å². The number of nitrogens with zero attached hydrogens (tertiary/aromatic N) is 4. The molecule has 0 aliphatic carbocycles. The molecule has 0 amide bonds. The molecule has 4 rings (SSSR count). The first-order chi connectivity index (χ1) is 15.0. The van der Waals surface area contributed by atoms with Crippen LogP contribution < -0.4 is 11.0 Å². The minimum atomic E-state index is -0.606. The fraction of sp³-hybridized carbons (Fsp3) is 0.455. The fourth-order valence-electron chi connectivity index (χ4n) is 3.90. The van der Waals surface area contributed by atoms with Gasteiger partial charge in [0.15, 0.2) is 0 Å².